The van der Waals surface area contributed by atoms with E-state index >= 15 is 0 Å². The SMILES string of the molecule is O=S(O)N(Cc1cc(F)cc(F)c1)C1CN(C(c2ccccc2)c2ccccc2)C1. The first-order chi connectivity index (χ1) is 14.5. The fraction of sp³-hybridized carbons (Fsp3) is 0.217. The largest absolute Gasteiger partial charge is 0.294 e. The number of nitrogens with zero attached hydrogens (tertiary/aromatic N) is 2. The van der Waals surface area contributed by atoms with E-state index in [1.807, 2.05) is 36.4 Å². The summed E-state index contributed by atoms with van der Waals surface area (Å²) in [5.74, 6) is -1.39. The highest BCUT2D eigenvalue weighted by Crippen LogP contribution is 2.34. The van der Waals surface area contributed by atoms with Gasteiger partial charge < -0.3 is 0 Å². The Morgan fingerprint density at radius 1 is 0.933 bits per heavy atom. The van der Waals surface area contributed by atoms with Crippen molar-refractivity contribution >= 4 is 11.3 Å². The number of hydrogen-bond acceptors (Lipinski definition) is 2. The van der Waals surface area contributed by atoms with Gasteiger partial charge in [0.25, 0.3) is 0 Å². The molecule has 4 nitrogen and oxygen atoms in total. The first-order valence-electron chi connectivity index (χ1n) is 9.68. The fourth-order valence-corrected chi connectivity index (χ4v) is 4.61. The minimum absolute atomic E-state index is 0.00234. The molecule has 1 aliphatic rings. The van der Waals surface area contributed by atoms with Gasteiger partial charge in [0.05, 0.1) is 12.1 Å². The monoisotopic (exact) mass is 428 g/mol. The molecule has 1 saturated heterocycles. The highest BCUT2D eigenvalue weighted by atomic mass is 32.2. The molecule has 0 aliphatic carbocycles. The van der Waals surface area contributed by atoms with Gasteiger partial charge in [-0.15, -0.1) is 0 Å². The lowest BCUT2D eigenvalue weighted by atomic mass is 9.93. The molecular weight excluding hydrogens is 406 g/mol. The van der Waals surface area contributed by atoms with E-state index in [1.165, 1.54) is 16.4 Å². The Morgan fingerprint density at radius 2 is 1.43 bits per heavy atom. The molecule has 3 aromatic rings. The summed E-state index contributed by atoms with van der Waals surface area (Å²) < 4.78 is 50.2. The smallest absolute Gasteiger partial charge is 0.235 e. The van der Waals surface area contributed by atoms with Crippen molar-refractivity contribution in [1.82, 2.24) is 9.21 Å². The first kappa shape index (κ1) is 20.8. The molecule has 30 heavy (non-hydrogen) atoms. The Labute approximate surface area is 177 Å². The molecule has 0 spiro atoms. The summed E-state index contributed by atoms with van der Waals surface area (Å²) in [6.07, 6.45) is 0. The molecule has 1 aliphatic heterocycles. The number of likely N-dealkylation sites (tertiary alicyclic amines) is 1. The van der Waals surface area contributed by atoms with Crippen LogP contribution in [0.15, 0.2) is 78.9 Å². The van der Waals surface area contributed by atoms with Crippen LogP contribution in [0.5, 0.6) is 0 Å². The molecule has 1 N–H and O–H groups in total. The highest BCUT2D eigenvalue weighted by molar-refractivity contribution is 7.76. The van der Waals surface area contributed by atoms with E-state index in [0.29, 0.717) is 18.7 Å². The van der Waals surface area contributed by atoms with E-state index < -0.39 is 22.9 Å². The molecular formula is C23H22F2N2O2S. The van der Waals surface area contributed by atoms with Crippen molar-refractivity contribution in [1.29, 1.82) is 0 Å². The first-order valence-corrected chi connectivity index (χ1v) is 10.7. The zero-order valence-electron chi connectivity index (χ0n) is 16.2. The summed E-state index contributed by atoms with van der Waals surface area (Å²) in [7, 11) is 0. The Kier molecular flexibility index (Phi) is 6.34. The molecule has 3 aromatic carbocycles. The topological polar surface area (TPSA) is 43.8 Å². The molecule has 1 atom stereocenters. The Bertz CT molecular complexity index is 954. The maximum absolute atomic E-state index is 13.5. The van der Waals surface area contributed by atoms with Crippen LogP contribution in [0.25, 0.3) is 0 Å². The Hall–Kier alpha value is -2.45. The van der Waals surface area contributed by atoms with Crippen LogP contribution in [-0.2, 0) is 17.8 Å². The second-order valence-electron chi connectivity index (χ2n) is 7.42. The van der Waals surface area contributed by atoms with Crippen molar-refractivity contribution in [3.05, 3.63) is 107 Å². The van der Waals surface area contributed by atoms with Gasteiger partial charge in [-0.25, -0.2) is 13.0 Å². The molecule has 1 unspecified atom stereocenters. The summed E-state index contributed by atoms with van der Waals surface area (Å²) in [5.41, 5.74) is 2.62. The molecule has 0 aromatic heterocycles. The minimum Gasteiger partial charge on any atom is -0.294 e. The summed E-state index contributed by atoms with van der Waals surface area (Å²) in [6.45, 7) is 1.13. The third kappa shape index (κ3) is 4.65. The van der Waals surface area contributed by atoms with Crippen LogP contribution >= 0.6 is 0 Å². The van der Waals surface area contributed by atoms with Gasteiger partial charge in [0.2, 0.25) is 11.3 Å². The van der Waals surface area contributed by atoms with Crippen LogP contribution in [0, 0.1) is 11.6 Å². The van der Waals surface area contributed by atoms with Crippen LogP contribution in [0.2, 0.25) is 0 Å². The lowest BCUT2D eigenvalue weighted by Gasteiger charge is -2.47. The van der Waals surface area contributed by atoms with Gasteiger partial charge in [-0.2, -0.15) is 4.31 Å². The molecule has 1 heterocycles. The predicted molar refractivity (Wildman–Crippen MR) is 113 cm³/mol. The van der Waals surface area contributed by atoms with Crippen molar-refractivity contribution in [2.75, 3.05) is 13.1 Å². The zero-order valence-corrected chi connectivity index (χ0v) is 17.0. The van der Waals surface area contributed by atoms with Crippen molar-refractivity contribution < 1.29 is 17.5 Å². The van der Waals surface area contributed by atoms with Gasteiger partial charge in [-0.05, 0) is 28.8 Å². The number of rotatable bonds is 7. The maximum atomic E-state index is 13.5. The van der Waals surface area contributed by atoms with Gasteiger partial charge in [-0.3, -0.25) is 9.45 Å². The lowest BCUT2D eigenvalue weighted by molar-refractivity contribution is 0.0497. The lowest BCUT2D eigenvalue weighted by Crippen LogP contribution is -2.60. The van der Waals surface area contributed by atoms with E-state index in [1.54, 1.807) is 0 Å². The Balaban J connectivity index is 1.52. The van der Waals surface area contributed by atoms with E-state index in [2.05, 4.69) is 29.2 Å². The highest BCUT2D eigenvalue weighted by Gasteiger charge is 2.39. The standard InChI is InChI=1S/C23H22F2N2O2S/c24-20-11-17(12-21(25)13-20)14-27(30(28)29)22-15-26(16-22)23(18-7-3-1-4-8-18)19-9-5-2-6-10-19/h1-13,22-23H,14-16H2,(H,28,29). The van der Waals surface area contributed by atoms with Gasteiger partial charge in [0.15, 0.2) is 0 Å². The van der Waals surface area contributed by atoms with E-state index in [-0.39, 0.29) is 18.6 Å². The molecule has 0 saturated carbocycles. The summed E-state index contributed by atoms with van der Waals surface area (Å²) in [4.78, 5) is 2.24. The fourth-order valence-electron chi connectivity index (χ4n) is 3.96. The van der Waals surface area contributed by atoms with Crippen molar-refractivity contribution in [2.45, 2.75) is 18.6 Å². The van der Waals surface area contributed by atoms with Crippen molar-refractivity contribution in [2.24, 2.45) is 0 Å². The summed E-state index contributed by atoms with van der Waals surface area (Å²) in [6, 6.07) is 23.2. The molecule has 156 valence electrons. The third-order valence-electron chi connectivity index (χ3n) is 5.35. The van der Waals surface area contributed by atoms with E-state index in [0.717, 1.165) is 17.2 Å². The van der Waals surface area contributed by atoms with Gasteiger partial charge in [0, 0.05) is 25.7 Å². The summed E-state index contributed by atoms with van der Waals surface area (Å²) in [5, 5.41) is 0. The predicted octanol–water partition coefficient (Wildman–Crippen LogP) is 4.38. The second kappa shape index (κ2) is 9.14. The van der Waals surface area contributed by atoms with Crippen molar-refractivity contribution in [3.8, 4) is 0 Å². The summed E-state index contributed by atoms with van der Waals surface area (Å²) >= 11 is -2.25. The van der Waals surface area contributed by atoms with Crippen LogP contribution < -0.4 is 0 Å². The molecule has 4 rings (SSSR count). The number of benzene rings is 3. The molecule has 7 heteroatoms. The van der Waals surface area contributed by atoms with Crippen LogP contribution in [0.4, 0.5) is 8.78 Å². The van der Waals surface area contributed by atoms with E-state index in [4.69, 9.17) is 0 Å². The van der Waals surface area contributed by atoms with Crippen LogP contribution in [0.1, 0.15) is 22.7 Å². The molecule has 1 fully saturated rings. The van der Waals surface area contributed by atoms with Gasteiger partial charge in [-0.1, -0.05) is 60.7 Å². The van der Waals surface area contributed by atoms with Crippen LogP contribution in [-0.4, -0.2) is 37.1 Å². The average Bonchev–Trinajstić information content (AvgIpc) is 2.69. The quantitative estimate of drug-likeness (QED) is 0.568. The normalized spacial score (nSPS) is 16.0. The number of halogens is 2. The molecule has 0 bridgehead atoms. The van der Waals surface area contributed by atoms with Gasteiger partial charge >= 0.3 is 0 Å². The maximum Gasteiger partial charge on any atom is 0.235 e. The number of hydrogen-bond donors (Lipinski definition) is 1. The Morgan fingerprint density at radius 3 is 1.90 bits per heavy atom. The van der Waals surface area contributed by atoms with Crippen molar-refractivity contribution in [3.63, 3.8) is 0 Å². The third-order valence-corrected chi connectivity index (χ3v) is 6.18. The molecule has 0 radical (unpaired) electrons. The van der Waals surface area contributed by atoms with Crippen LogP contribution in [0.3, 0.4) is 0 Å². The van der Waals surface area contributed by atoms with E-state index in [9.17, 15) is 17.5 Å². The minimum atomic E-state index is -2.25. The average molecular weight is 429 g/mol. The molecule has 0 amide bonds. The zero-order chi connectivity index (χ0) is 21.1. The van der Waals surface area contributed by atoms with Gasteiger partial charge in [0.1, 0.15) is 11.6 Å². The second-order valence-corrected chi connectivity index (χ2v) is 8.35.